The van der Waals surface area contributed by atoms with Gasteiger partial charge in [-0.1, -0.05) is 36.1 Å². The second-order valence-corrected chi connectivity index (χ2v) is 8.72. The predicted octanol–water partition coefficient (Wildman–Crippen LogP) is -0.726. The highest BCUT2D eigenvalue weighted by Gasteiger charge is 2.02. The number of aromatic nitrogens is 2. The van der Waals surface area contributed by atoms with Gasteiger partial charge in [0.2, 0.25) is 13.1 Å². The number of hydrogen-bond donors (Lipinski definition) is 0. The van der Waals surface area contributed by atoms with E-state index in [1.54, 1.807) is 0 Å². The van der Waals surface area contributed by atoms with Gasteiger partial charge >= 0.3 is 0 Å². The van der Waals surface area contributed by atoms with Crippen LogP contribution in [0, 0.1) is 51.4 Å². The summed E-state index contributed by atoms with van der Waals surface area (Å²) in [7, 11) is 0. The lowest BCUT2D eigenvalue weighted by Crippen LogP contribution is -3.00. The van der Waals surface area contributed by atoms with Crippen molar-refractivity contribution in [1.29, 1.82) is 0 Å². The Balaban J connectivity index is 0.00000228. The molecule has 0 fully saturated rings. The van der Waals surface area contributed by atoms with Crippen molar-refractivity contribution < 1.29 is 43.1 Å². The van der Waals surface area contributed by atoms with Gasteiger partial charge in [0.05, 0.1) is 0 Å². The summed E-state index contributed by atoms with van der Waals surface area (Å²) in [5.74, 6) is 13.1. The van der Waals surface area contributed by atoms with E-state index in [2.05, 4.69) is 146 Å². The average Bonchev–Trinajstić information content (AvgIpc) is 2.84. The summed E-state index contributed by atoms with van der Waals surface area (Å²) >= 11 is 0. The molecule has 2 aromatic heterocycles. The van der Waals surface area contributed by atoms with Crippen LogP contribution in [0.25, 0.3) is 11.1 Å². The summed E-state index contributed by atoms with van der Waals surface area (Å²) in [6, 6.07) is 21.1. The molecule has 2 nitrogen and oxygen atoms in total. The maximum absolute atomic E-state index is 3.27. The van der Waals surface area contributed by atoms with Gasteiger partial charge in [0.1, 0.15) is 0 Å². The molecule has 0 radical (unpaired) electrons. The van der Waals surface area contributed by atoms with Crippen LogP contribution in [0.5, 0.6) is 0 Å². The first-order chi connectivity index (χ1) is 16.5. The van der Waals surface area contributed by atoms with Gasteiger partial charge < -0.3 is 34.0 Å². The van der Waals surface area contributed by atoms with Crippen LogP contribution in [0.1, 0.15) is 33.4 Å². The van der Waals surface area contributed by atoms with Crippen LogP contribution >= 0.6 is 0 Å². The number of rotatable bonds is 3. The molecule has 0 N–H and O–H groups in total. The maximum atomic E-state index is 3.27. The number of halogens is 2. The Bertz CT molecular complexity index is 1320. The first kappa shape index (κ1) is 29.1. The third kappa shape index (κ3) is 7.92. The molecule has 0 atom stereocenters. The first-order valence-electron chi connectivity index (χ1n) is 11.6. The van der Waals surface area contributed by atoms with E-state index in [1.165, 1.54) is 33.4 Å². The van der Waals surface area contributed by atoms with Gasteiger partial charge in [-0.2, -0.15) is 9.13 Å². The Morgan fingerprint density at radius 3 is 1.19 bits per heavy atom. The fourth-order valence-corrected chi connectivity index (χ4v) is 3.62. The van der Waals surface area contributed by atoms with Crippen LogP contribution in [0.2, 0.25) is 0 Å². The van der Waals surface area contributed by atoms with Gasteiger partial charge in [-0.3, -0.25) is 0 Å². The smallest absolute Gasteiger partial charge is 0.209 e. The molecular weight excluding hydrogens is 572 g/mol. The highest BCUT2D eigenvalue weighted by atomic mass is 79.9. The molecule has 4 rings (SSSR count). The summed E-state index contributed by atoms with van der Waals surface area (Å²) in [6.45, 7) is 9.88. The number of pyridine rings is 2. The van der Waals surface area contributed by atoms with Gasteiger partial charge in [-0.15, -0.1) is 0 Å². The van der Waals surface area contributed by atoms with Gasteiger partial charge in [0.25, 0.3) is 0 Å². The minimum atomic E-state index is 0. The molecule has 0 aliphatic carbocycles. The second-order valence-electron chi connectivity index (χ2n) is 8.72. The molecule has 2 heterocycles. The molecule has 0 unspecified atom stereocenters. The first-order valence-corrected chi connectivity index (χ1v) is 11.6. The highest BCUT2D eigenvalue weighted by molar-refractivity contribution is 5.65. The normalized spacial score (nSPS) is 9.56. The zero-order valence-corrected chi connectivity index (χ0v) is 24.3. The zero-order chi connectivity index (χ0) is 23.9. The molecule has 2 aromatic carbocycles. The van der Waals surface area contributed by atoms with Gasteiger partial charge in [0, 0.05) is 34.4 Å². The van der Waals surface area contributed by atoms with Crippen molar-refractivity contribution in [3.8, 4) is 34.8 Å². The van der Waals surface area contributed by atoms with Crippen LogP contribution in [-0.4, -0.2) is 0 Å². The fourth-order valence-electron chi connectivity index (χ4n) is 3.62. The molecule has 0 amide bonds. The molecule has 4 aromatic rings. The van der Waals surface area contributed by atoms with Crippen LogP contribution in [0.3, 0.4) is 0 Å². The van der Waals surface area contributed by atoms with E-state index >= 15 is 0 Å². The molecule has 36 heavy (non-hydrogen) atoms. The van der Waals surface area contributed by atoms with Crippen LogP contribution in [-0.2, 0) is 13.1 Å². The second kappa shape index (κ2) is 13.8. The van der Waals surface area contributed by atoms with Gasteiger partial charge in [0.15, 0.2) is 24.8 Å². The highest BCUT2D eigenvalue weighted by Crippen LogP contribution is 2.20. The number of nitrogens with zero attached hydrogens (tertiary/aromatic N) is 2. The summed E-state index contributed by atoms with van der Waals surface area (Å²) in [4.78, 5) is 0. The topological polar surface area (TPSA) is 7.76 Å². The lowest BCUT2D eigenvalue weighted by Gasteiger charge is -2.02. The predicted molar refractivity (Wildman–Crippen MR) is 138 cm³/mol. The number of hydrogen-bond acceptors (Lipinski definition) is 0. The Hall–Kier alpha value is -3.18. The third-order valence-electron chi connectivity index (χ3n) is 6.09. The van der Waals surface area contributed by atoms with Crippen LogP contribution in [0.4, 0.5) is 0 Å². The Morgan fingerprint density at radius 1 is 0.500 bits per heavy atom. The minimum Gasteiger partial charge on any atom is -1.00 e. The Kier molecular flexibility index (Phi) is 11.1. The molecule has 0 aliphatic rings. The van der Waals surface area contributed by atoms with E-state index < -0.39 is 0 Å². The lowest BCUT2D eigenvalue weighted by atomic mass is 10.0. The summed E-state index contributed by atoms with van der Waals surface area (Å²) in [6.07, 6.45) is 8.44. The van der Waals surface area contributed by atoms with Gasteiger partial charge in [-0.25, -0.2) is 0 Å². The van der Waals surface area contributed by atoms with E-state index in [0.717, 1.165) is 11.1 Å². The summed E-state index contributed by atoms with van der Waals surface area (Å²) < 4.78 is 4.24. The van der Waals surface area contributed by atoms with Gasteiger partial charge in [-0.05, 0) is 86.1 Å². The Morgan fingerprint density at radius 2 is 0.861 bits per heavy atom. The van der Waals surface area contributed by atoms with E-state index in [9.17, 15) is 0 Å². The monoisotopic (exact) mass is 600 g/mol. The molecule has 0 saturated carbocycles. The summed E-state index contributed by atoms with van der Waals surface area (Å²) in [5.41, 5.74) is 9.58. The molecule has 0 saturated heterocycles. The van der Waals surface area contributed by atoms with E-state index in [0.29, 0.717) is 13.1 Å². The van der Waals surface area contributed by atoms with Crippen molar-refractivity contribution in [3.63, 3.8) is 0 Å². The lowest BCUT2D eigenvalue weighted by molar-refractivity contribution is -0.685. The van der Waals surface area contributed by atoms with Crippen molar-refractivity contribution in [2.45, 2.75) is 40.8 Å². The van der Waals surface area contributed by atoms with E-state index in [1.807, 2.05) is 0 Å². The molecule has 0 aliphatic heterocycles. The molecule has 4 heteroatoms. The van der Waals surface area contributed by atoms with Crippen LogP contribution in [0.15, 0.2) is 85.5 Å². The third-order valence-corrected chi connectivity index (χ3v) is 6.09. The summed E-state index contributed by atoms with van der Waals surface area (Å²) in [5, 5.41) is 0. The standard InChI is InChI=1S/C32H30N2.2BrH/c1-25-17-21-33(23-27(25)3)19-5-7-29-9-13-31(14-10-29)32-15-11-30(12-16-32)8-6-20-34-22-18-26(2)28(4)24-34;;/h9-18,21-24H,19-20H2,1-4H3;2*1H/q+2;;/p-2. The zero-order valence-electron chi connectivity index (χ0n) is 21.1. The largest absolute Gasteiger partial charge is 1.00 e. The van der Waals surface area contributed by atoms with Crippen molar-refractivity contribution in [2.75, 3.05) is 0 Å². The van der Waals surface area contributed by atoms with E-state index in [4.69, 9.17) is 0 Å². The number of aryl methyl sites for hydroxylation is 4. The fraction of sp³-hybridized carbons (Fsp3) is 0.188. The van der Waals surface area contributed by atoms with Crippen molar-refractivity contribution in [1.82, 2.24) is 0 Å². The van der Waals surface area contributed by atoms with Crippen molar-refractivity contribution in [2.24, 2.45) is 0 Å². The average molecular weight is 602 g/mol. The van der Waals surface area contributed by atoms with Crippen LogP contribution < -0.4 is 43.1 Å². The molecular formula is C32H30Br2N2. The van der Waals surface area contributed by atoms with Crippen molar-refractivity contribution in [3.05, 3.63) is 119 Å². The molecule has 0 spiro atoms. The quantitative estimate of drug-likeness (QED) is 0.216. The molecule has 182 valence electrons. The maximum Gasteiger partial charge on any atom is 0.209 e. The minimum absolute atomic E-state index is 0. The number of benzene rings is 2. The SMILES string of the molecule is Cc1cc[n+](CC#Cc2ccc(-c3ccc(C#CC[n+]4ccc(C)c(C)c4)cc3)cc2)cc1C.[Br-].[Br-]. The molecule has 0 bridgehead atoms. The van der Waals surface area contributed by atoms with Crippen molar-refractivity contribution >= 4 is 0 Å². The van der Waals surface area contributed by atoms with E-state index in [-0.39, 0.29) is 34.0 Å². The Labute approximate surface area is 236 Å².